The van der Waals surface area contributed by atoms with Gasteiger partial charge < -0.3 is 4.74 Å². The molecule has 4 heteroatoms. The molecule has 4 rings (SSSR count). The van der Waals surface area contributed by atoms with Crippen LogP contribution in [0.25, 0.3) is 0 Å². The number of ether oxygens (including phenoxy) is 1. The third-order valence-corrected chi connectivity index (χ3v) is 5.51. The van der Waals surface area contributed by atoms with Gasteiger partial charge in [0.15, 0.2) is 0 Å². The summed E-state index contributed by atoms with van der Waals surface area (Å²) in [5, 5.41) is 0. The lowest BCUT2D eigenvalue weighted by atomic mass is 10.1. The highest BCUT2D eigenvalue weighted by atomic mass is 16.5. The van der Waals surface area contributed by atoms with Crippen molar-refractivity contribution in [3.8, 4) is 11.5 Å². The number of para-hydroxylation sites is 1. The zero-order chi connectivity index (χ0) is 20.6. The van der Waals surface area contributed by atoms with E-state index in [2.05, 4.69) is 46.2 Å². The van der Waals surface area contributed by atoms with Crippen molar-refractivity contribution >= 4 is 6.29 Å². The molecule has 1 fully saturated rings. The van der Waals surface area contributed by atoms with Crippen LogP contribution in [0.15, 0.2) is 78.9 Å². The number of carbonyl (C=O) groups is 1. The number of nitrogens with zero attached hydrogens (tertiary/aromatic N) is 2. The van der Waals surface area contributed by atoms with E-state index in [-0.39, 0.29) is 0 Å². The third-order valence-electron chi connectivity index (χ3n) is 5.51. The average Bonchev–Trinajstić information content (AvgIpc) is 3.01. The summed E-state index contributed by atoms with van der Waals surface area (Å²) >= 11 is 0. The van der Waals surface area contributed by atoms with Gasteiger partial charge in [-0.3, -0.25) is 14.6 Å². The van der Waals surface area contributed by atoms with Crippen molar-refractivity contribution in [2.75, 3.05) is 26.2 Å². The molecular weight excluding hydrogens is 372 g/mol. The number of rotatable bonds is 7. The second-order valence-corrected chi connectivity index (χ2v) is 7.82. The number of aldehydes is 1. The maximum Gasteiger partial charge on any atom is 0.150 e. The maximum absolute atomic E-state index is 10.8. The average molecular weight is 401 g/mol. The molecule has 0 aromatic heterocycles. The number of carbonyl (C=O) groups excluding carboxylic acids is 1. The predicted octanol–water partition coefficient (Wildman–Crippen LogP) is 5.00. The summed E-state index contributed by atoms with van der Waals surface area (Å²) in [5.74, 6) is 1.73. The van der Waals surface area contributed by atoms with Gasteiger partial charge in [0.1, 0.15) is 17.8 Å². The van der Waals surface area contributed by atoms with Gasteiger partial charge >= 0.3 is 0 Å². The first kappa shape index (κ1) is 20.3. The minimum absolute atomic E-state index is 0.737. The highest BCUT2D eigenvalue weighted by Crippen LogP contribution is 2.22. The number of hydrogen-bond acceptors (Lipinski definition) is 4. The molecule has 0 bridgehead atoms. The van der Waals surface area contributed by atoms with Crippen molar-refractivity contribution in [2.45, 2.75) is 19.5 Å². The van der Waals surface area contributed by atoms with Gasteiger partial charge in [0, 0.05) is 31.7 Å². The zero-order valence-electron chi connectivity index (χ0n) is 17.2. The normalized spacial score (nSPS) is 15.5. The summed E-state index contributed by atoms with van der Waals surface area (Å²) in [6, 6.07) is 26.2. The van der Waals surface area contributed by atoms with Crippen molar-refractivity contribution in [3.05, 3.63) is 95.6 Å². The molecule has 1 aliphatic heterocycles. The summed E-state index contributed by atoms with van der Waals surface area (Å²) in [4.78, 5) is 15.9. The second-order valence-electron chi connectivity index (χ2n) is 7.82. The molecule has 0 amide bonds. The van der Waals surface area contributed by atoms with Crippen LogP contribution in [0.5, 0.6) is 11.5 Å². The van der Waals surface area contributed by atoms with Gasteiger partial charge in [-0.1, -0.05) is 54.6 Å². The molecule has 154 valence electrons. The highest BCUT2D eigenvalue weighted by Gasteiger charge is 2.15. The van der Waals surface area contributed by atoms with E-state index in [1.807, 2.05) is 42.5 Å². The Kier molecular flexibility index (Phi) is 6.91. The quantitative estimate of drug-likeness (QED) is 0.523. The fourth-order valence-electron chi connectivity index (χ4n) is 3.85. The summed E-state index contributed by atoms with van der Waals surface area (Å²) < 4.78 is 5.89. The van der Waals surface area contributed by atoms with Crippen LogP contribution >= 0.6 is 0 Å². The van der Waals surface area contributed by atoms with Gasteiger partial charge in [-0.25, -0.2) is 0 Å². The van der Waals surface area contributed by atoms with Crippen LogP contribution in [0.4, 0.5) is 0 Å². The van der Waals surface area contributed by atoms with E-state index < -0.39 is 0 Å². The van der Waals surface area contributed by atoms with Gasteiger partial charge in [-0.05, 0) is 54.9 Å². The van der Waals surface area contributed by atoms with Gasteiger partial charge in [0.25, 0.3) is 0 Å². The summed E-state index contributed by atoms with van der Waals surface area (Å²) in [6.45, 7) is 6.25. The van der Waals surface area contributed by atoms with Crippen LogP contribution in [0, 0.1) is 0 Å². The Labute approximate surface area is 178 Å². The molecule has 30 heavy (non-hydrogen) atoms. The predicted molar refractivity (Wildman–Crippen MR) is 120 cm³/mol. The fraction of sp³-hybridized carbons (Fsp3) is 0.269. The largest absolute Gasteiger partial charge is 0.457 e. The number of benzene rings is 3. The summed E-state index contributed by atoms with van der Waals surface area (Å²) in [6.07, 6.45) is 2.07. The first-order valence-electron chi connectivity index (χ1n) is 10.6. The molecule has 0 unspecified atom stereocenters. The Morgan fingerprint density at radius 3 is 1.77 bits per heavy atom. The van der Waals surface area contributed by atoms with E-state index in [4.69, 9.17) is 4.74 Å². The Morgan fingerprint density at radius 2 is 1.20 bits per heavy atom. The van der Waals surface area contributed by atoms with Crippen LogP contribution in [-0.4, -0.2) is 42.3 Å². The first-order valence-corrected chi connectivity index (χ1v) is 10.6. The van der Waals surface area contributed by atoms with Crippen molar-refractivity contribution < 1.29 is 9.53 Å². The van der Waals surface area contributed by atoms with Gasteiger partial charge in [0.2, 0.25) is 0 Å². The Morgan fingerprint density at radius 1 is 0.667 bits per heavy atom. The van der Waals surface area contributed by atoms with Crippen LogP contribution in [0.2, 0.25) is 0 Å². The molecular formula is C26H28N2O2. The molecule has 3 aromatic carbocycles. The second kappa shape index (κ2) is 10.2. The van der Waals surface area contributed by atoms with E-state index in [1.54, 1.807) is 0 Å². The van der Waals surface area contributed by atoms with Crippen molar-refractivity contribution in [3.63, 3.8) is 0 Å². The topological polar surface area (TPSA) is 32.8 Å². The molecule has 0 atom stereocenters. The van der Waals surface area contributed by atoms with Gasteiger partial charge in [-0.15, -0.1) is 0 Å². The molecule has 0 spiro atoms. The van der Waals surface area contributed by atoms with E-state index in [9.17, 15) is 4.79 Å². The molecule has 0 N–H and O–H groups in total. The molecule has 1 heterocycles. The van der Waals surface area contributed by atoms with E-state index >= 15 is 0 Å². The lowest BCUT2D eigenvalue weighted by Gasteiger charge is -2.22. The Balaban J connectivity index is 1.27. The zero-order valence-corrected chi connectivity index (χ0v) is 17.2. The monoisotopic (exact) mass is 400 g/mol. The van der Waals surface area contributed by atoms with Crippen LogP contribution in [0.3, 0.4) is 0 Å². The summed E-state index contributed by atoms with van der Waals surface area (Å²) in [5.41, 5.74) is 3.32. The molecule has 0 saturated carbocycles. The molecule has 1 aliphatic rings. The minimum Gasteiger partial charge on any atom is -0.457 e. The molecule has 1 saturated heterocycles. The number of hydrogen-bond donors (Lipinski definition) is 0. The first-order chi connectivity index (χ1) is 14.8. The highest BCUT2D eigenvalue weighted by molar-refractivity contribution is 5.74. The molecule has 0 aliphatic carbocycles. The smallest absolute Gasteiger partial charge is 0.150 e. The fourth-order valence-corrected chi connectivity index (χ4v) is 3.85. The Bertz CT molecular complexity index is 924. The molecule has 0 radical (unpaired) electrons. The van der Waals surface area contributed by atoms with Crippen molar-refractivity contribution in [2.24, 2.45) is 0 Å². The SMILES string of the molecule is O=Cc1ccc(CN2CCCN(Cc3ccc(Oc4ccccc4)cc3)CC2)cc1. The molecule has 3 aromatic rings. The van der Waals surface area contributed by atoms with Crippen LogP contribution < -0.4 is 4.74 Å². The lowest BCUT2D eigenvalue weighted by Crippen LogP contribution is -2.30. The van der Waals surface area contributed by atoms with Crippen molar-refractivity contribution in [1.82, 2.24) is 9.80 Å². The van der Waals surface area contributed by atoms with E-state index in [0.29, 0.717) is 0 Å². The maximum atomic E-state index is 10.8. The lowest BCUT2D eigenvalue weighted by molar-refractivity contribution is 0.112. The van der Waals surface area contributed by atoms with Crippen LogP contribution in [0.1, 0.15) is 27.9 Å². The molecule has 4 nitrogen and oxygen atoms in total. The van der Waals surface area contributed by atoms with Gasteiger partial charge in [0.05, 0.1) is 0 Å². The minimum atomic E-state index is 0.737. The van der Waals surface area contributed by atoms with Crippen LogP contribution in [-0.2, 0) is 13.1 Å². The third kappa shape index (κ3) is 5.78. The standard InChI is InChI=1S/C26H28N2O2/c29-21-24-9-7-22(8-10-24)19-27-15-4-16-28(18-17-27)20-23-11-13-26(14-12-23)30-25-5-2-1-3-6-25/h1-3,5-14,21H,4,15-20H2. The van der Waals surface area contributed by atoms with Gasteiger partial charge in [-0.2, -0.15) is 0 Å². The van der Waals surface area contributed by atoms with Crippen molar-refractivity contribution in [1.29, 1.82) is 0 Å². The summed E-state index contributed by atoms with van der Waals surface area (Å²) in [7, 11) is 0. The Hall–Kier alpha value is -2.95. The van der Waals surface area contributed by atoms with E-state index in [1.165, 1.54) is 17.5 Å². The van der Waals surface area contributed by atoms with E-state index in [0.717, 1.165) is 62.6 Å².